The van der Waals surface area contributed by atoms with Crippen LogP contribution in [0.1, 0.15) is 18.4 Å². The Labute approximate surface area is 152 Å². The van der Waals surface area contributed by atoms with Crippen molar-refractivity contribution >= 4 is 17.5 Å². The van der Waals surface area contributed by atoms with E-state index in [1.54, 1.807) is 25.3 Å². The highest BCUT2D eigenvalue weighted by atomic mass is 16.5. The van der Waals surface area contributed by atoms with Gasteiger partial charge in [-0.15, -0.1) is 0 Å². The van der Waals surface area contributed by atoms with Crippen molar-refractivity contribution in [1.82, 2.24) is 5.32 Å². The fraction of sp³-hybridized carbons (Fsp3) is 0.300. The molecule has 0 bridgehead atoms. The molecule has 1 aliphatic rings. The van der Waals surface area contributed by atoms with Crippen LogP contribution >= 0.6 is 0 Å². The average molecular weight is 354 g/mol. The van der Waals surface area contributed by atoms with E-state index in [4.69, 9.17) is 9.47 Å². The maximum Gasteiger partial charge on any atom is 0.240 e. The molecule has 0 aliphatic heterocycles. The van der Waals surface area contributed by atoms with Crippen LogP contribution in [0.25, 0.3) is 0 Å². The van der Waals surface area contributed by atoms with Crippen molar-refractivity contribution in [3.63, 3.8) is 0 Å². The van der Waals surface area contributed by atoms with Crippen LogP contribution in [-0.2, 0) is 16.1 Å². The van der Waals surface area contributed by atoms with Crippen LogP contribution in [0.4, 0.5) is 5.69 Å². The Bertz CT molecular complexity index is 801. The molecule has 6 heteroatoms. The molecule has 1 aliphatic carbocycles. The van der Waals surface area contributed by atoms with Gasteiger partial charge in [-0.3, -0.25) is 9.59 Å². The zero-order chi connectivity index (χ0) is 18.6. The van der Waals surface area contributed by atoms with E-state index in [1.807, 2.05) is 30.3 Å². The van der Waals surface area contributed by atoms with Gasteiger partial charge in [0.05, 0.1) is 19.9 Å². The molecule has 0 radical (unpaired) electrons. The Hall–Kier alpha value is -3.02. The second-order valence-corrected chi connectivity index (χ2v) is 6.27. The smallest absolute Gasteiger partial charge is 0.240 e. The van der Waals surface area contributed by atoms with Crippen molar-refractivity contribution in [1.29, 1.82) is 0 Å². The summed E-state index contributed by atoms with van der Waals surface area (Å²) in [5.41, 5.74) is 0.466. The number of hydrogen-bond acceptors (Lipinski definition) is 4. The number of carbonyl (C=O) groups excluding carboxylic acids is 2. The zero-order valence-corrected chi connectivity index (χ0v) is 14.9. The summed E-state index contributed by atoms with van der Waals surface area (Å²) in [7, 11) is 3.07. The number of benzene rings is 2. The first-order chi connectivity index (χ1) is 12.6. The Balaban J connectivity index is 1.68. The molecule has 0 aromatic heterocycles. The summed E-state index contributed by atoms with van der Waals surface area (Å²) >= 11 is 0. The molecular formula is C20H22N2O4. The normalized spacial score (nSPS) is 14.2. The van der Waals surface area contributed by atoms with E-state index in [9.17, 15) is 9.59 Å². The van der Waals surface area contributed by atoms with Crippen LogP contribution in [0.2, 0.25) is 0 Å². The van der Waals surface area contributed by atoms with Crippen molar-refractivity contribution in [2.24, 2.45) is 5.41 Å². The molecule has 0 saturated heterocycles. The van der Waals surface area contributed by atoms with Crippen molar-refractivity contribution in [2.75, 3.05) is 19.5 Å². The van der Waals surface area contributed by atoms with E-state index < -0.39 is 5.41 Å². The van der Waals surface area contributed by atoms with Gasteiger partial charge in [0.1, 0.15) is 16.9 Å². The minimum Gasteiger partial charge on any atom is -0.497 e. The molecule has 2 amide bonds. The topological polar surface area (TPSA) is 76.7 Å². The molecule has 26 heavy (non-hydrogen) atoms. The SMILES string of the molecule is COc1ccc(OC)c(NC(=O)C2(C(=O)NCc3ccccc3)CC2)c1. The Morgan fingerprint density at radius 2 is 1.73 bits per heavy atom. The molecule has 1 saturated carbocycles. The predicted octanol–water partition coefficient (Wildman–Crippen LogP) is 2.74. The molecule has 0 heterocycles. The van der Waals surface area contributed by atoms with E-state index in [1.165, 1.54) is 7.11 Å². The number of ether oxygens (including phenoxy) is 2. The van der Waals surface area contributed by atoms with Gasteiger partial charge in [0.15, 0.2) is 0 Å². The van der Waals surface area contributed by atoms with Crippen molar-refractivity contribution < 1.29 is 19.1 Å². The average Bonchev–Trinajstić information content (AvgIpc) is 3.49. The molecule has 0 unspecified atom stereocenters. The van der Waals surface area contributed by atoms with Crippen LogP contribution in [0.15, 0.2) is 48.5 Å². The van der Waals surface area contributed by atoms with Gasteiger partial charge in [0, 0.05) is 12.6 Å². The third-order valence-electron chi connectivity index (χ3n) is 4.57. The summed E-state index contributed by atoms with van der Waals surface area (Å²) in [5.74, 6) is 0.537. The molecule has 1 fully saturated rings. The monoisotopic (exact) mass is 354 g/mol. The van der Waals surface area contributed by atoms with Gasteiger partial charge in [0.2, 0.25) is 11.8 Å². The lowest BCUT2D eigenvalue weighted by atomic mass is 10.0. The number of methoxy groups -OCH3 is 2. The number of rotatable bonds is 7. The van der Waals surface area contributed by atoms with E-state index in [2.05, 4.69) is 10.6 Å². The summed E-state index contributed by atoms with van der Waals surface area (Å²) in [6, 6.07) is 14.7. The van der Waals surface area contributed by atoms with Crippen molar-refractivity contribution in [3.05, 3.63) is 54.1 Å². The van der Waals surface area contributed by atoms with Crippen molar-refractivity contribution in [3.8, 4) is 11.5 Å². The van der Waals surface area contributed by atoms with Crippen LogP contribution in [0.5, 0.6) is 11.5 Å². The highest BCUT2D eigenvalue weighted by Crippen LogP contribution is 2.47. The number of carbonyl (C=O) groups is 2. The van der Waals surface area contributed by atoms with Crippen LogP contribution < -0.4 is 20.1 Å². The van der Waals surface area contributed by atoms with E-state index in [0.717, 1.165) is 5.56 Å². The molecule has 3 rings (SSSR count). The van der Waals surface area contributed by atoms with E-state index in [-0.39, 0.29) is 11.8 Å². The van der Waals surface area contributed by atoms with Crippen LogP contribution in [-0.4, -0.2) is 26.0 Å². The van der Waals surface area contributed by atoms with Crippen LogP contribution in [0, 0.1) is 5.41 Å². The third-order valence-corrected chi connectivity index (χ3v) is 4.57. The minimum absolute atomic E-state index is 0.249. The third kappa shape index (κ3) is 3.64. The van der Waals surface area contributed by atoms with Gasteiger partial charge in [-0.1, -0.05) is 30.3 Å². The number of amides is 2. The van der Waals surface area contributed by atoms with E-state index in [0.29, 0.717) is 36.6 Å². The van der Waals surface area contributed by atoms with E-state index >= 15 is 0 Å². The number of hydrogen-bond donors (Lipinski definition) is 2. The molecule has 2 N–H and O–H groups in total. The van der Waals surface area contributed by atoms with Crippen molar-refractivity contribution in [2.45, 2.75) is 19.4 Å². The summed E-state index contributed by atoms with van der Waals surface area (Å²) in [6.45, 7) is 0.400. The quantitative estimate of drug-likeness (QED) is 0.750. The number of anilines is 1. The maximum absolute atomic E-state index is 12.7. The first kappa shape index (κ1) is 17.8. The zero-order valence-electron chi connectivity index (χ0n) is 14.9. The first-order valence-corrected chi connectivity index (χ1v) is 8.45. The lowest BCUT2D eigenvalue weighted by Gasteiger charge is -2.17. The van der Waals surface area contributed by atoms with Gasteiger partial charge < -0.3 is 20.1 Å². The summed E-state index contributed by atoms with van der Waals surface area (Å²) < 4.78 is 10.5. The highest BCUT2D eigenvalue weighted by Gasteiger charge is 2.56. The fourth-order valence-corrected chi connectivity index (χ4v) is 2.78. The second-order valence-electron chi connectivity index (χ2n) is 6.27. The van der Waals surface area contributed by atoms with Gasteiger partial charge in [-0.2, -0.15) is 0 Å². The largest absolute Gasteiger partial charge is 0.497 e. The molecular weight excluding hydrogens is 332 g/mol. The highest BCUT2D eigenvalue weighted by molar-refractivity contribution is 6.13. The molecule has 0 atom stereocenters. The number of nitrogens with one attached hydrogen (secondary N) is 2. The van der Waals surface area contributed by atoms with Gasteiger partial charge >= 0.3 is 0 Å². The molecule has 2 aromatic carbocycles. The molecule has 136 valence electrons. The summed E-state index contributed by atoms with van der Waals surface area (Å²) in [6.07, 6.45) is 1.07. The Morgan fingerprint density at radius 3 is 2.35 bits per heavy atom. The summed E-state index contributed by atoms with van der Waals surface area (Å²) in [5, 5.41) is 5.68. The Kier molecular flexibility index (Phi) is 5.11. The van der Waals surface area contributed by atoms with Gasteiger partial charge in [0.25, 0.3) is 0 Å². The molecule has 6 nitrogen and oxygen atoms in total. The lowest BCUT2D eigenvalue weighted by molar-refractivity contribution is -0.134. The Morgan fingerprint density at radius 1 is 1.00 bits per heavy atom. The van der Waals surface area contributed by atoms with Gasteiger partial charge in [-0.25, -0.2) is 0 Å². The summed E-state index contributed by atoms with van der Waals surface area (Å²) in [4.78, 5) is 25.3. The van der Waals surface area contributed by atoms with Gasteiger partial charge in [-0.05, 0) is 30.5 Å². The predicted molar refractivity (Wildman–Crippen MR) is 98.1 cm³/mol. The lowest BCUT2D eigenvalue weighted by Crippen LogP contribution is -2.39. The van der Waals surface area contributed by atoms with Crippen LogP contribution in [0.3, 0.4) is 0 Å². The maximum atomic E-state index is 12.7. The molecule has 2 aromatic rings. The molecule has 0 spiro atoms. The standard InChI is InChI=1S/C20H22N2O4/c1-25-15-8-9-17(26-2)16(12-15)22-19(24)20(10-11-20)18(23)21-13-14-6-4-3-5-7-14/h3-9,12H,10-11,13H2,1-2H3,(H,21,23)(H,22,24). The first-order valence-electron chi connectivity index (χ1n) is 8.45. The minimum atomic E-state index is -1.01. The fourth-order valence-electron chi connectivity index (χ4n) is 2.78. The second kappa shape index (κ2) is 7.47.